The van der Waals surface area contributed by atoms with Crippen LogP contribution in [0.1, 0.15) is 0 Å². The number of hydrazine groups is 1. The lowest BCUT2D eigenvalue weighted by molar-refractivity contribution is 1.04. The molecule has 1 aromatic heterocycles. The Balaban J connectivity index is 0.000000291. The van der Waals surface area contributed by atoms with E-state index in [2.05, 4.69) is 21.9 Å². The van der Waals surface area contributed by atoms with Gasteiger partial charge in [0.25, 0.3) is 0 Å². The molecular formula is C4H9N5. The predicted octanol–water partition coefficient (Wildman–Crippen LogP) is -1.12. The van der Waals surface area contributed by atoms with E-state index < -0.39 is 0 Å². The van der Waals surface area contributed by atoms with E-state index in [4.69, 9.17) is 5.73 Å². The highest BCUT2D eigenvalue weighted by atomic mass is 15.1. The van der Waals surface area contributed by atoms with Crippen LogP contribution in [-0.4, -0.2) is 10.2 Å². The minimum atomic E-state index is 0.461. The molecule has 1 heterocycles. The maximum absolute atomic E-state index is 5.18. The van der Waals surface area contributed by atoms with E-state index in [1.807, 2.05) is 0 Å². The largest absolute Gasteiger partial charge is 0.382 e. The summed E-state index contributed by atoms with van der Waals surface area (Å²) in [7, 11) is 0. The lowest BCUT2D eigenvalue weighted by Gasteiger charge is -1.81. The normalized spacial score (nSPS) is 7.33. The van der Waals surface area contributed by atoms with Crippen molar-refractivity contribution in [1.29, 1.82) is 0 Å². The van der Waals surface area contributed by atoms with Crippen molar-refractivity contribution in [2.24, 2.45) is 11.7 Å². The van der Waals surface area contributed by atoms with Gasteiger partial charge in [0.1, 0.15) is 5.82 Å². The SMILES string of the molecule is NN.Nc1cccnn1. The van der Waals surface area contributed by atoms with Gasteiger partial charge in [0.15, 0.2) is 0 Å². The average Bonchev–Trinajstić information content (AvgIpc) is 1.94. The van der Waals surface area contributed by atoms with Gasteiger partial charge in [-0.2, -0.15) is 5.10 Å². The van der Waals surface area contributed by atoms with Crippen molar-refractivity contribution in [3.05, 3.63) is 18.3 Å². The Morgan fingerprint density at radius 3 is 2.22 bits per heavy atom. The number of nitrogens with two attached hydrogens (primary N) is 3. The molecule has 0 radical (unpaired) electrons. The van der Waals surface area contributed by atoms with Gasteiger partial charge in [-0.1, -0.05) is 0 Å². The van der Waals surface area contributed by atoms with Crippen LogP contribution in [0.5, 0.6) is 0 Å². The van der Waals surface area contributed by atoms with Gasteiger partial charge in [-0.05, 0) is 12.1 Å². The molecule has 0 saturated carbocycles. The van der Waals surface area contributed by atoms with E-state index >= 15 is 0 Å². The highest BCUT2D eigenvalue weighted by Gasteiger charge is 1.75. The van der Waals surface area contributed by atoms with Gasteiger partial charge in [-0.3, -0.25) is 11.7 Å². The first-order valence-corrected chi connectivity index (χ1v) is 2.26. The summed E-state index contributed by atoms with van der Waals surface area (Å²) in [5.41, 5.74) is 5.18. The standard InChI is InChI=1S/C4H5N3.H4N2/c5-4-2-1-3-6-7-4;1-2/h1-3H,(H2,5,7);1-2H2. The Kier molecular flexibility index (Phi) is 4.29. The predicted molar refractivity (Wildman–Crippen MR) is 34.8 cm³/mol. The molecule has 0 saturated heterocycles. The number of aromatic nitrogens is 2. The summed E-state index contributed by atoms with van der Waals surface area (Å²) in [6.07, 6.45) is 1.58. The summed E-state index contributed by atoms with van der Waals surface area (Å²) < 4.78 is 0. The Labute approximate surface area is 52.8 Å². The molecule has 9 heavy (non-hydrogen) atoms. The second-order valence-electron chi connectivity index (χ2n) is 1.15. The van der Waals surface area contributed by atoms with Crippen LogP contribution < -0.4 is 17.4 Å². The fourth-order valence-corrected chi connectivity index (χ4v) is 0.313. The molecule has 0 atom stereocenters. The zero-order chi connectivity index (χ0) is 7.11. The van der Waals surface area contributed by atoms with Crippen molar-refractivity contribution in [2.45, 2.75) is 0 Å². The number of nitrogen functional groups attached to an aromatic ring is 1. The molecule has 50 valence electrons. The molecule has 5 heteroatoms. The Morgan fingerprint density at radius 1 is 1.33 bits per heavy atom. The van der Waals surface area contributed by atoms with Gasteiger partial charge in [0.05, 0.1) is 0 Å². The number of hydrogen-bond donors (Lipinski definition) is 3. The molecule has 0 aliphatic carbocycles. The lowest BCUT2D eigenvalue weighted by Crippen LogP contribution is -2.02. The first kappa shape index (κ1) is 7.80. The van der Waals surface area contributed by atoms with Crippen molar-refractivity contribution in [1.82, 2.24) is 10.2 Å². The molecule has 5 nitrogen and oxygen atoms in total. The molecule has 0 aromatic carbocycles. The summed E-state index contributed by atoms with van der Waals surface area (Å²) >= 11 is 0. The topological polar surface area (TPSA) is 104 Å². The van der Waals surface area contributed by atoms with Crippen LogP contribution in [0.25, 0.3) is 0 Å². The molecule has 0 aliphatic rings. The number of rotatable bonds is 0. The van der Waals surface area contributed by atoms with E-state index in [0.29, 0.717) is 5.82 Å². The van der Waals surface area contributed by atoms with Gasteiger partial charge in [-0.25, -0.2) is 0 Å². The Morgan fingerprint density at radius 2 is 2.00 bits per heavy atom. The van der Waals surface area contributed by atoms with Crippen molar-refractivity contribution in [3.8, 4) is 0 Å². The fraction of sp³-hybridized carbons (Fsp3) is 0. The zero-order valence-corrected chi connectivity index (χ0v) is 4.86. The molecule has 0 fully saturated rings. The highest BCUT2D eigenvalue weighted by molar-refractivity contribution is 5.22. The zero-order valence-electron chi connectivity index (χ0n) is 4.86. The quantitative estimate of drug-likeness (QED) is 0.302. The van der Waals surface area contributed by atoms with Crippen molar-refractivity contribution in [3.63, 3.8) is 0 Å². The van der Waals surface area contributed by atoms with E-state index in [1.54, 1.807) is 18.3 Å². The summed E-state index contributed by atoms with van der Waals surface area (Å²) in [5.74, 6) is 8.46. The van der Waals surface area contributed by atoms with Gasteiger partial charge in [-0.15, -0.1) is 5.10 Å². The van der Waals surface area contributed by atoms with E-state index in [-0.39, 0.29) is 0 Å². The minimum Gasteiger partial charge on any atom is -0.382 e. The van der Waals surface area contributed by atoms with Crippen LogP contribution in [0.3, 0.4) is 0 Å². The fourth-order valence-electron chi connectivity index (χ4n) is 0.313. The lowest BCUT2D eigenvalue weighted by atomic mass is 10.6. The third kappa shape index (κ3) is 3.39. The summed E-state index contributed by atoms with van der Waals surface area (Å²) in [4.78, 5) is 0. The van der Waals surface area contributed by atoms with Crippen LogP contribution >= 0.6 is 0 Å². The van der Waals surface area contributed by atoms with Crippen LogP contribution in [0.15, 0.2) is 18.3 Å². The van der Waals surface area contributed by atoms with Gasteiger partial charge in [0.2, 0.25) is 0 Å². The number of hydrogen-bond acceptors (Lipinski definition) is 5. The van der Waals surface area contributed by atoms with Gasteiger partial charge in [0, 0.05) is 6.20 Å². The number of anilines is 1. The number of nitrogens with zero attached hydrogens (tertiary/aromatic N) is 2. The maximum atomic E-state index is 5.18. The van der Waals surface area contributed by atoms with E-state index in [0.717, 1.165) is 0 Å². The minimum absolute atomic E-state index is 0.461. The second-order valence-corrected chi connectivity index (χ2v) is 1.15. The first-order chi connectivity index (χ1) is 4.39. The summed E-state index contributed by atoms with van der Waals surface area (Å²) in [6.45, 7) is 0. The molecular weight excluding hydrogens is 118 g/mol. The van der Waals surface area contributed by atoms with Crippen molar-refractivity contribution >= 4 is 5.82 Å². The van der Waals surface area contributed by atoms with Crippen LogP contribution in [0, 0.1) is 0 Å². The summed E-state index contributed by atoms with van der Waals surface area (Å²) in [5, 5.41) is 7.02. The van der Waals surface area contributed by atoms with Crippen LogP contribution in [0.4, 0.5) is 5.82 Å². The van der Waals surface area contributed by atoms with Gasteiger partial charge < -0.3 is 5.73 Å². The Hall–Kier alpha value is -1.20. The Bertz CT molecular complexity index is 139. The first-order valence-electron chi connectivity index (χ1n) is 2.26. The second kappa shape index (κ2) is 4.95. The molecule has 1 aromatic rings. The summed E-state index contributed by atoms with van der Waals surface area (Å²) in [6, 6.07) is 3.43. The molecule has 0 aliphatic heterocycles. The molecule has 0 bridgehead atoms. The molecule has 6 N–H and O–H groups in total. The van der Waals surface area contributed by atoms with Crippen molar-refractivity contribution < 1.29 is 0 Å². The third-order valence-electron chi connectivity index (χ3n) is 0.593. The van der Waals surface area contributed by atoms with Gasteiger partial charge >= 0.3 is 0 Å². The molecule has 0 amide bonds. The smallest absolute Gasteiger partial charge is 0.146 e. The van der Waals surface area contributed by atoms with E-state index in [9.17, 15) is 0 Å². The average molecular weight is 127 g/mol. The van der Waals surface area contributed by atoms with Crippen molar-refractivity contribution in [2.75, 3.05) is 5.73 Å². The third-order valence-corrected chi connectivity index (χ3v) is 0.593. The highest BCUT2D eigenvalue weighted by Crippen LogP contribution is 1.86. The maximum Gasteiger partial charge on any atom is 0.146 e. The van der Waals surface area contributed by atoms with Crippen LogP contribution in [-0.2, 0) is 0 Å². The molecule has 0 spiro atoms. The monoisotopic (exact) mass is 127 g/mol. The van der Waals surface area contributed by atoms with E-state index in [1.165, 1.54) is 0 Å². The van der Waals surface area contributed by atoms with Crippen LogP contribution in [0.2, 0.25) is 0 Å². The molecule has 0 unspecified atom stereocenters. The molecule has 1 rings (SSSR count).